The van der Waals surface area contributed by atoms with Crippen LogP contribution in [0, 0.1) is 0 Å². The van der Waals surface area contributed by atoms with E-state index in [1.807, 2.05) is 0 Å². The van der Waals surface area contributed by atoms with E-state index in [1.165, 1.54) is 7.11 Å². The van der Waals surface area contributed by atoms with Gasteiger partial charge in [-0.2, -0.15) is 0 Å². The van der Waals surface area contributed by atoms with Crippen LogP contribution in [0.1, 0.15) is 6.92 Å². The summed E-state index contributed by atoms with van der Waals surface area (Å²) in [6.45, 7) is 6.60. The van der Waals surface area contributed by atoms with Crippen molar-refractivity contribution in [1.82, 2.24) is 10.2 Å². The number of carbonyl (C=O) groups is 1. The van der Waals surface area contributed by atoms with Crippen LogP contribution >= 0.6 is 0 Å². The summed E-state index contributed by atoms with van der Waals surface area (Å²) in [6, 6.07) is 0. The third-order valence-electron chi connectivity index (χ3n) is 2.95. The lowest BCUT2D eigenvalue weighted by Gasteiger charge is -2.30. The molecule has 1 saturated heterocycles. The molecule has 6 heteroatoms. The minimum Gasteiger partial charge on any atom is -0.480 e. The second-order valence-electron chi connectivity index (χ2n) is 4.45. The summed E-state index contributed by atoms with van der Waals surface area (Å²) in [5.41, 5.74) is -1.01. The Balaban J connectivity index is 2.28. The molecular formula is C11H22N2O4. The van der Waals surface area contributed by atoms with Crippen LogP contribution in [0.4, 0.5) is 0 Å². The monoisotopic (exact) mass is 246 g/mol. The fourth-order valence-electron chi connectivity index (χ4n) is 1.79. The molecule has 0 radical (unpaired) electrons. The minimum atomic E-state index is -1.01. The van der Waals surface area contributed by atoms with Gasteiger partial charge < -0.3 is 14.6 Å². The maximum absolute atomic E-state index is 11.1. The van der Waals surface area contributed by atoms with Crippen LogP contribution in [0.25, 0.3) is 0 Å². The molecule has 100 valence electrons. The van der Waals surface area contributed by atoms with Gasteiger partial charge in [0.05, 0.1) is 19.8 Å². The van der Waals surface area contributed by atoms with E-state index >= 15 is 0 Å². The lowest BCUT2D eigenvalue weighted by atomic mass is 10.0. The Kier molecular flexibility index (Phi) is 5.84. The first-order chi connectivity index (χ1) is 8.08. The molecule has 1 fully saturated rings. The van der Waals surface area contributed by atoms with Crippen molar-refractivity contribution in [3.63, 3.8) is 0 Å². The Hall–Kier alpha value is -0.690. The molecule has 0 aromatic carbocycles. The van der Waals surface area contributed by atoms with Gasteiger partial charge >= 0.3 is 5.97 Å². The number of carboxylic acids is 1. The average molecular weight is 246 g/mol. The third-order valence-corrected chi connectivity index (χ3v) is 2.95. The van der Waals surface area contributed by atoms with E-state index in [-0.39, 0.29) is 6.61 Å². The predicted octanol–water partition coefficient (Wildman–Crippen LogP) is -0.602. The Labute approximate surface area is 102 Å². The van der Waals surface area contributed by atoms with Crippen molar-refractivity contribution in [1.29, 1.82) is 0 Å². The summed E-state index contributed by atoms with van der Waals surface area (Å²) < 4.78 is 10.2. The first-order valence-corrected chi connectivity index (χ1v) is 5.86. The average Bonchev–Trinajstić information content (AvgIpc) is 2.30. The molecule has 0 bridgehead atoms. The van der Waals surface area contributed by atoms with Gasteiger partial charge in [0, 0.05) is 33.3 Å². The number of carboxylic acid groups (broad SMARTS) is 1. The molecule has 0 aromatic heterocycles. The van der Waals surface area contributed by atoms with Crippen LogP contribution in [-0.2, 0) is 14.3 Å². The zero-order valence-corrected chi connectivity index (χ0v) is 10.6. The molecule has 1 unspecified atom stereocenters. The molecule has 0 amide bonds. The number of rotatable bonds is 7. The molecule has 1 rings (SSSR count). The van der Waals surface area contributed by atoms with Crippen molar-refractivity contribution in [3.05, 3.63) is 0 Å². The summed E-state index contributed by atoms with van der Waals surface area (Å²) in [4.78, 5) is 13.4. The van der Waals surface area contributed by atoms with E-state index in [1.54, 1.807) is 6.92 Å². The number of nitrogens with one attached hydrogen (secondary N) is 1. The Morgan fingerprint density at radius 1 is 1.53 bits per heavy atom. The van der Waals surface area contributed by atoms with Crippen LogP contribution in [0.3, 0.4) is 0 Å². The third kappa shape index (κ3) is 4.59. The Morgan fingerprint density at radius 3 is 2.71 bits per heavy atom. The number of ether oxygens (including phenoxy) is 2. The summed E-state index contributed by atoms with van der Waals surface area (Å²) in [7, 11) is 1.50. The Bertz CT molecular complexity index is 244. The molecule has 0 aliphatic carbocycles. The second-order valence-corrected chi connectivity index (χ2v) is 4.45. The molecule has 0 aromatic rings. The van der Waals surface area contributed by atoms with Crippen LogP contribution in [-0.4, -0.2) is 74.6 Å². The van der Waals surface area contributed by atoms with Crippen molar-refractivity contribution in [2.45, 2.75) is 12.5 Å². The van der Waals surface area contributed by atoms with E-state index in [4.69, 9.17) is 14.6 Å². The van der Waals surface area contributed by atoms with Gasteiger partial charge in [0.15, 0.2) is 0 Å². The van der Waals surface area contributed by atoms with Crippen molar-refractivity contribution >= 4 is 5.97 Å². The highest BCUT2D eigenvalue weighted by atomic mass is 16.5. The lowest BCUT2D eigenvalue weighted by molar-refractivity contribution is -0.146. The van der Waals surface area contributed by atoms with E-state index in [9.17, 15) is 4.79 Å². The molecule has 1 atom stereocenters. The molecule has 2 N–H and O–H groups in total. The fourth-order valence-corrected chi connectivity index (χ4v) is 1.79. The summed E-state index contributed by atoms with van der Waals surface area (Å²) in [6.07, 6.45) is 0. The highest BCUT2D eigenvalue weighted by Gasteiger charge is 2.32. The highest BCUT2D eigenvalue weighted by molar-refractivity contribution is 5.78. The maximum Gasteiger partial charge on any atom is 0.326 e. The highest BCUT2D eigenvalue weighted by Crippen LogP contribution is 2.04. The number of hydrogen-bond donors (Lipinski definition) is 2. The predicted molar refractivity (Wildman–Crippen MR) is 63.2 cm³/mol. The molecule has 0 spiro atoms. The number of morpholine rings is 1. The van der Waals surface area contributed by atoms with Gasteiger partial charge in [-0.3, -0.25) is 15.0 Å². The second kappa shape index (κ2) is 6.90. The lowest BCUT2D eigenvalue weighted by Crippen LogP contribution is -2.55. The van der Waals surface area contributed by atoms with Crippen LogP contribution in [0.5, 0.6) is 0 Å². The van der Waals surface area contributed by atoms with E-state index < -0.39 is 11.5 Å². The van der Waals surface area contributed by atoms with Gasteiger partial charge in [-0.25, -0.2) is 0 Å². The van der Waals surface area contributed by atoms with Crippen LogP contribution in [0.2, 0.25) is 0 Å². The summed E-state index contributed by atoms with van der Waals surface area (Å²) >= 11 is 0. The van der Waals surface area contributed by atoms with Crippen LogP contribution in [0.15, 0.2) is 0 Å². The molecule has 6 nitrogen and oxygen atoms in total. The molecule has 0 saturated carbocycles. The number of nitrogens with zero attached hydrogens (tertiary/aromatic N) is 1. The van der Waals surface area contributed by atoms with Gasteiger partial charge in [0.2, 0.25) is 0 Å². The molecule has 1 aliphatic heterocycles. The molecular weight excluding hydrogens is 224 g/mol. The van der Waals surface area contributed by atoms with E-state index in [0.717, 1.165) is 32.8 Å². The quantitative estimate of drug-likeness (QED) is 0.625. The first kappa shape index (κ1) is 14.4. The van der Waals surface area contributed by atoms with Crippen molar-refractivity contribution in [2.75, 3.05) is 53.1 Å². The molecule has 1 aliphatic rings. The van der Waals surface area contributed by atoms with E-state index in [2.05, 4.69) is 10.2 Å². The normalized spacial score (nSPS) is 21.1. The van der Waals surface area contributed by atoms with Gasteiger partial charge in [0.1, 0.15) is 5.54 Å². The standard InChI is InChI=1S/C11H22N2O4/c1-11(9-16-2,10(14)15)12-3-4-13-5-7-17-8-6-13/h12H,3-9H2,1-2H3,(H,14,15). The van der Waals surface area contributed by atoms with Crippen LogP contribution < -0.4 is 5.32 Å². The van der Waals surface area contributed by atoms with Gasteiger partial charge in [-0.15, -0.1) is 0 Å². The van der Waals surface area contributed by atoms with E-state index in [0.29, 0.717) is 6.54 Å². The zero-order valence-electron chi connectivity index (χ0n) is 10.6. The summed E-state index contributed by atoms with van der Waals surface area (Å²) in [5, 5.41) is 12.2. The van der Waals surface area contributed by atoms with Crippen molar-refractivity contribution in [3.8, 4) is 0 Å². The fraction of sp³-hybridized carbons (Fsp3) is 0.909. The first-order valence-electron chi connectivity index (χ1n) is 5.86. The van der Waals surface area contributed by atoms with Gasteiger partial charge in [-0.05, 0) is 6.92 Å². The topological polar surface area (TPSA) is 71.0 Å². The number of methoxy groups -OCH3 is 1. The number of hydrogen-bond acceptors (Lipinski definition) is 5. The van der Waals surface area contributed by atoms with Crippen molar-refractivity contribution in [2.24, 2.45) is 0 Å². The molecule has 1 heterocycles. The Morgan fingerprint density at radius 2 is 2.18 bits per heavy atom. The van der Waals surface area contributed by atoms with Gasteiger partial charge in [0.25, 0.3) is 0 Å². The summed E-state index contributed by atoms with van der Waals surface area (Å²) in [5.74, 6) is -0.888. The largest absolute Gasteiger partial charge is 0.480 e. The van der Waals surface area contributed by atoms with Crippen molar-refractivity contribution < 1.29 is 19.4 Å². The number of aliphatic carboxylic acids is 1. The smallest absolute Gasteiger partial charge is 0.326 e. The maximum atomic E-state index is 11.1. The SMILES string of the molecule is COCC(C)(NCCN1CCOCC1)C(=O)O. The van der Waals surface area contributed by atoms with Gasteiger partial charge in [-0.1, -0.05) is 0 Å². The molecule has 17 heavy (non-hydrogen) atoms. The minimum absolute atomic E-state index is 0.158. The zero-order chi connectivity index (χ0) is 12.7.